The SMILES string of the molecule is CC(OC(=O)C(C)C)OC(=O)C(N)(Cc1cccc(S(=O)(=O)N2CC(Oc3ccc(Br)cc3)(c3ccccc3)C2)c1)C(=O)O. The zero-order chi connectivity index (χ0) is 32.3. The number of aliphatic carboxylic acids is 1. The van der Waals surface area contributed by atoms with Gasteiger partial charge in [0.25, 0.3) is 0 Å². The summed E-state index contributed by atoms with van der Waals surface area (Å²) in [6.07, 6.45) is -1.97. The first-order valence-corrected chi connectivity index (χ1v) is 15.9. The van der Waals surface area contributed by atoms with Gasteiger partial charge in [0.15, 0.2) is 5.60 Å². The van der Waals surface area contributed by atoms with Crippen LogP contribution in [0, 0.1) is 5.92 Å². The monoisotopic (exact) mass is 688 g/mol. The summed E-state index contributed by atoms with van der Waals surface area (Å²) in [5.41, 5.74) is 3.46. The molecule has 11 nitrogen and oxygen atoms in total. The number of nitrogens with zero attached hydrogens (tertiary/aromatic N) is 1. The molecule has 0 saturated carbocycles. The van der Waals surface area contributed by atoms with E-state index in [4.69, 9.17) is 19.9 Å². The molecule has 1 heterocycles. The highest BCUT2D eigenvalue weighted by Crippen LogP contribution is 2.40. The number of nitrogens with two attached hydrogens (primary N) is 1. The molecule has 2 unspecified atom stereocenters. The fraction of sp³-hybridized carbons (Fsp3) is 0.323. The second-order valence-electron chi connectivity index (χ2n) is 10.9. The Morgan fingerprint density at radius 2 is 1.61 bits per heavy atom. The zero-order valence-corrected chi connectivity index (χ0v) is 26.7. The van der Waals surface area contributed by atoms with E-state index in [1.165, 1.54) is 35.5 Å². The molecule has 13 heteroatoms. The number of ether oxygens (including phenoxy) is 3. The molecule has 44 heavy (non-hydrogen) atoms. The number of esters is 2. The standard InChI is InChI=1S/C31H33BrN2O9S/c1-20(2)27(35)41-21(3)42-29(38)31(33,28(36)37)17-22-8-7-11-26(16-22)44(39,40)34-18-30(19-34,23-9-5-4-6-10-23)43-25-14-12-24(32)13-15-25/h4-16,20-21H,17-19,33H2,1-3H3,(H,36,37). The lowest BCUT2D eigenvalue weighted by Gasteiger charge is -2.48. The summed E-state index contributed by atoms with van der Waals surface area (Å²) in [5.74, 6) is -3.61. The molecule has 234 valence electrons. The van der Waals surface area contributed by atoms with Crippen molar-refractivity contribution in [2.45, 2.75) is 49.5 Å². The summed E-state index contributed by atoms with van der Waals surface area (Å²) < 4.78 is 45.9. The molecule has 3 aromatic carbocycles. The van der Waals surface area contributed by atoms with Gasteiger partial charge in [-0.3, -0.25) is 4.79 Å². The smallest absolute Gasteiger partial charge is 0.341 e. The second-order valence-corrected chi connectivity index (χ2v) is 13.7. The van der Waals surface area contributed by atoms with Crippen LogP contribution in [0.25, 0.3) is 0 Å². The quantitative estimate of drug-likeness (QED) is 0.162. The molecule has 0 spiro atoms. The van der Waals surface area contributed by atoms with Gasteiger partial charge in [-0.05, 0) is 47.5 Å². The van der Waals surface area contributed by atoms with Gasteiger partial charge >= 0.3 is 17.9 Å². The molecule has 1 aliphatic rings. The third-order valence-electron chi connectivity index (χ3n) is 7.08. The van der Waals surface area contributed by atoms with E-state index in [2.05, 4.69) is 15.9 Å². The van der Waals surface area contributed by atoms with Gasteiger partial charge in [0, 0.05) is 17.8 Å². The van der Waals surface area contributed by atoms with Gasteiger partial charge in [0.1, 0.15) is 5.75 Å². The van der Waals surface area contributed by atoms with E-state index >= 15 is 0 Å². The third kappa shape index (κ3) is 7.12. The van der Waals surface area contributed by atoms with Gasteiger partial charge in [-0.15, -0.1) is 0 Å². The Morgan fingerprint density at radius 3 is 2.20 bits per heavy atom. The van der Waals surface area contributed by atoms with E-state index in [1.54, 1.807) is 26.0 Å². The summed E-state index contributed by atoms with van der Waals surface area (Å²) in [6, 6.07) is 22.1. The van der Waals surface area contributed by atoms with Gasteiger partial charge in [0.05, 0.1) is 23.9 Å². The summed E-state index contributed by atoms with van der Waals surface area (Å²) in [7, 11) is -4.06. The van der Waals surface area contributed by atoms with Crippen molar-refractivity contribution in [3.8, 4) is 5.75 Å². The van der Waals surface area contributed by atoms with E-state index in [0.29, 0.717) is 5.75 Å². The molecule has 0 amide bonds. The molecule has 0 bridgehead atoms. The van der Waals surface area contributed by atoms with Crippen LogP contribution >= 0.6 is 15.9 Å². The van der Waals surface area contributed by atoms with Crippen molar-refractivity contribution >= 4 is 43.9 Å². The maximum Gasteiger partial charge on any atom is 0.341 e. The largest absolute Gasteiger partial charge is 0.480 e. The number of carbonyl (C=O) groups is 3. The molecule has 1 fully saturated rings. The topological polar surface area (TPSA) is 163 Å². The van der Waals surface area contributed by atoms with Crippen molar-refractivity contribution in [3.63, 3.8) is 0 Å². The van der Waals surface area contributed by atoms with E-state index in [1.807, 2.05) is 42.5 Å². The minimum absolute atomic E-state index is 0.0227. The zero-order valence-electron chi connectivity index (χ0n) is 24.3. The Bertz CT molecular complexity index is 1630. The molecule has 3 aromatic rings. The predicted molar refractivity (Wildman–Crippen MR) is 163 cm³/mol. The fourth-order valence-electron chi connectivity index (χ4n) is 4.57. The van der Waals surface area contributed by atoms with Crippen LogP contribution in [-0.2, 0) is 45.9 Å². The first kappa shape index (κ1) is 33.1. The predicted octanol–water partition coefficient (Wildman–Crippen LogP) is 3.84. The molecule has 0 aromatic heterocycles. The van der Waals surface area contributed by atoms with Crippen molar-refractivity contribution < 1.29 is 42.1 Å². The maximum atomic E-state index is 13.7. The number of benzene rings is 3. The maximum absolute atomic E-state index is 13.7. The van der Waals surface area contributed by atoms with E-state index in [-0.39, 0.29) is 23.5 Å². The minimum Gasteiger partial charge on any atom is -0.480 e. The van der Waals surface area contributed by atoms with Crippen molar-refractivity contribution in [2.24, 2.45) is 11.7 Å². The molecule has 1 aliphatic heterocycles. The number of rotatable bonds is 12. The average Bonchev–Trinajstić information content (AvgIpc) is 2.96. The lowest BCUT2D eigenvalue weighted by Crippen LogP contribution is -2.64. The third-order valence-corrected chi connectivity index (χ3v) is 9.40. The Morgan fingerprint density at radius 1 is 0.977 bits per heavy atom. The summed E-state index contributed by atoms with van der Waals surface area (Å²) in [6.45, 7) is 4.47. The molecule has 1 saturated heterocycles. The minimum atomic E-state index is -4.06. The van der Waals surface area contributed by atoms with Crippen LogP contribution in [0.2, 0.25) is 0 Å². The van der Waals surface area contributed by atoms with Crippen LogP contribution in [0.4, 0.5) is 0 Å². The highest BCUT2D eigenvalue weighted by Gasteiger charge is 2.52. The van der Waals surface area contributed by atoms with Crippen LogP contribution in [0.5, 0.6) is 5.75 Å². The van der Waals surface area contributed by atoms with E-state index < -0.39 is 57.7 Å². The van der Waals surface area contributed by atoms with Gasteiger partial charge in [-0.1, -0.05) is 72.2 Å². The number of hydrogen-bond acceptors (Lipinski definition) is 9. The summed E-state index contributed by atoms with van der Waals surface area (Å²) in [5, 5.41) is 9.84. The highest BCUT2D eigenvalue weighted by atomic mass is 79.9. The number of carbonyl (C=O) groups excluding carboxylic acids is 2. The number of sulfonamides is 1. The van der Waals surface area contributed by atoms with Crippen LogP contribution in [-0.4, -0.2) is 60.7 Å². The highest BCUT2D eigenvalue weighted by molar-refractivity contribution is 9.10. The van der Waals surface area contributed by atoms with E-state index in [0.717, 1.165) is 10.0 Å². The van der Waals surface area contributed by atoms with Gasteiger partial charge in [-0.25, -0.2) is 18.0 Å². The second kappa shape index (κ2) is 13.1. The Hall–Kier alpha value is -3.78. The average molecular weight is 690 g/mol. The molecular weight excluding hydrogens is 656 g/mol. The van der Waals surface area contributed by atoms with Crippen LogP contribution in [0.15, 0.2) is 88.2 Å². The van der Waals surface area contributed by atoms with Crippen molar-refractivity contribution in [2.75, 3.05) is 13.1 Å². The number of hydrogen-bond donors (Lipinski definition) is 2. The van der Waals surface area contributed by atoms with E-state index in [9.17, 15) is 27.9 Å². The molecule has 0 radical (unpaired) electrons. The molecule has 2 atom stereocenters. The Labute approximate surface area is 264 Å². The summed E-state index contributed by atoms with van der Waals surface area (Å²) in [4.78, 5) is 36.7. The van der Waals surface area contributed by atoms with Crippen molar-refractivity contribution in [1.29, 1.82) is 0 Å². The van der Waals surface area contributed by atoms with Gasteiger partial charge < -0.3 is 25.1 Å². The summed E-state index contributed by atoms with van der Waals surface area (Å²) >= 11 is 3.40. The first-order valence-electron chi connectivity index (χ1n) is 13.7. The fourth-order valence-corrected chi connectivity index (χ4v) is 6.44. The van der Waals surface area contributed by atoms with Gasteiger partial charge in [-0.2, -0.15) is 4.31 Å². The van der Waals surface area contributed by atoms with Crippen molar-refractivity contribution in [1.82, 2.24) is 4.31 Å². The molecule has 4 rings (SSSR count). The van der Waals surface area contributed by atoms with Crippen LogP contribution in [0.1, 0.15) is 31.9 Å². The Balaban J connectivity index is 1.53. The number of carboxylic acid groups (broad SMARTS) is 1. The van der Waals surface area contributed by atoms with Gasteiger partial charge in [0.2, 0.25) is 21.9 Å². The lowest BCUT2D eigenvalue weighted by atomic mass is 9.87. The molecule has 0 aliphatic carbocycles. The number of carboxylic acids is 1. The molecular formula is C31H33BrN2O9S. The molecule has 3 N–H and O–H groups in total. The lowest BCUT2D eigenvalue weighted by molar-refractivity contribution is -0.192. The van der Waals surface area contributed by atoms with Crippen LogP contribution in [0.3, 0.4) is 0 Å². The first-order chi connectivity index (χ1) is 20.7. The van der Waals surface area contributed by atoms with Crippen molar-refractivity contribution in [3.05, 3.63) is 94.5 Å². The van der Waals surface area contributed by atoms with Crippen LogP contribution < -0.4 is 10.5 Å². The normalized spacial score (nSPS) is 16.7. The number of halogens is 1. The Kier molecular flexibility index (Phi) is 9.83.